The van der Waals surface area contributed by atoms with Gasteiger partial charge in [0, 0.05) is 0 Å². The number of nitrogens with zero attached hydrogens (tertiary/aromatic N) is 2. The number of rotatable bonds is 3. The molecular weight excluding hydrogens is 304 g/mol. The Bertz CT molecular complexity index is 418. The maximum absolute atomic E-state index is 11.7. The van der Waals surface area contributed by atoms with Crippen LogP contribution in [0, 0.1) is 0 Å². The Balaban J connectivity index is 2.82. The maximum atomic E-state index is 11.7. The molecule has 0 aliphatic carbocycles. The summed E-state index contributed by atoms with van der Waals surface area (Å²) in [7, 11) is 1.57. The van der Waals surface area contributed by atoms with Crippen LogP contribution in [0.3, 0.4) is 0 Å². The number of aromatic nitrogens is 1. The lowest BCUT2D eigenvalue weighted by molar-refractivity contribution is 0.409. The molecule has 0 bridgehead atoms. The molecule has 0 radical (unpaired) electrons. The second-order valence-corrected chi connectivity index (χ2v) is 7.01. The predicted molar refractivity (Wildman–Crippen MR) is 74.0 cm³/mol. The van der Waals surface area contributed by atoms with E-state index in [1.807, 2.05) is 20.8 Å². The fourth-order valence-electron chi connectivity index (χ4n) is 0.920. The van der Waals surface area contributed by atoms with Crippen molar-refractivity contribution in [1.82, 2.24) is 4.98 Å². The van der Waals surface area contributed by atoms with Crippen LogP contribution >= 0.6 is 15.9 Å². The van der Waals surface area contributed by atoms with Gasteiger partial charge in [0.1, 0.15) is 26.9 Å². The molecule has 94 valence electrons. The van der Waals surface area contributed by atoms with E-state index < -0.39 is 11.4 Å². The second kappa shape index (κ2) is 5.84. The third kappa shape index (κ3) is 4.29. The van der Waals surface area contributed by atoms with Crippen molar-refractivity contribution in [3.8, 4) is 5.75 Å². The lowest BCUT2D eigenvalue weighted by Crippen LogP contribution is -2.25. The summed E-state index contributed by atoms with van der Waals surface area (Å²) in [6, 6.07) is 3.53. The van der Waals surface area contributed by atoms with E-state index in [0.29, 0.717) is 16.0 Å². The topological polar surface area (TPSA) is 57.5 Å². The van der Waals surface area contributed by atoms with Gasteiger partial charge in [-0.25, -0.2) is 4.98 Å². The summed E-state index contributed by atoms with van der Waals surface area (Å²) in [4.78, 5) is 4.21. The normalized spacial score (nSPS) is 14.0. The fourth-order valence-corrected chi connectivity index (χ4v) is 1.94. The first-order valence-corrected chi connectivity index (χ1v) is 6.91. The average molecular weight is 319 g/mol. The van der Waals surface area contributed by atoms with Crippen molar-refractivity contribution in [3.63, 3.8) is 0 Å². The van der Waals surface area contributed by atoms with Gasteiger partial charge in [-0.15, -0.1) is 0 Å². The first-order chi connectivity index (χ1) is 7.84. The van der Waals surface area contributed by atoms with Crippen LogP contribution in [0.15, 0.2) is 21.1 Å². The molecule has 0 aliphatic rings. The molecule has 6 heteroatoms. The summed E-state index contributed by atoms with van der Waals surface area (Å²) in [6.45, 7) is 5.62. The van der Waals surface area contributed by atoms with E-state index in [9.17, 15) is 4.55 Å². The van der Waals surface area contributed by atoms with Crippen molar-refractivity contribution >= 4 is 33.5 Å². The lowest BCUT2D eigenvalue weighted by atomic mass is 10.3. The zero-order valence-corrected chi connectivity index (χ0v) is 12.6. The van der Waals surface area contributed by atoms with Gasteiger partial charge < -0.3 is 9.29 Å². The van der Waals surface area contributed by atoms with E-state index in [1.165, 1.54) is 6.21 Å². The van der Waals surface area contributed by atoms with Gasteiger partial charge >= 0.3 is 0 Å². The van der Waals surface area contributed by atoms with Gasteiger partial charge in [0.15, 0.2) is 5.75 Å². The monoisotopic (exact) mass is 318 g/mol. The van der Waals surface area contributed by atoms with Gasteiger partial charge in [0.25, 0.3) is 0 Å². The van der Waals surface area contributed by atoms with Gasteiger partial charge in [0.05, 0.1) is 12.8 Å². The third-order valence-electron chi connectivity index (χ3n) is 1.86. The van der Waals surface area contributed by atoms with Crippen molar-refractivity contribution in [2.45, 2.75) is 25.5 Å². The Hall–Kier alpha value is -0.590. The molecule has 1 aromatic rings. The second-order valence-electron chi connectivity index (χ2n) is 4.33. The van der Waals surface area contributed by atoms with Crippen LogP contribution < -0.4 is 4.74 Å². The standard InChI is InChI=1S/C11H15BrN2O2S/c1-11(2,3)17(15)13-7-8-5-6-9(16-4)10(12)14-8/h5-7H,1-4H3/b13-7+/t17-/m1/s1. The molecule has 0 saturated carbocycles. The van der Waals surface area contributed by atoms with E-state index in [-0.39, 0.29) is 4.75 Å². The van der Waals surface area contributed by atoms with Gasteiger partial charge in [-0.3, -0.25) is 0 Å². The summed E-state index contributed by atoms with van der Waals surface area (Å²) >= 11 is 2.01. The van der Waals surface area contributed by atoms with Crippen molar-refractivity contribution in [3.05, 3.63) is 22.4 Å². The van der Waals surface area contributed by atoms with Gasteiger partial charge in [-0.05, 0) is 48.8 Å². The van der Waals surface area contributed by atoms with Crippen LogP contribution in [-0.4, -0.2) is 27.6 Å². The van der Waals surface area contributed by atoms with E-state index in [2.05, 4.69) is 25.3 Å². The summed E-state index contributed by atoms with van der Waals surface area (Å²) in [6.07, 6.45) is 1.51. The Morgan fingerprint density at radius 1 is 1.47 bits per heavy atom. The first-order valence-electron chi connectivity index (χ1n) is 5.01. The molecule has 17 heavy (non-hydrogen) atoms. The van der Waals surface area contributed by atoms with Gasteiger partial charge in [-0.2, -0.15) is 0 Å². The highest BCUT2D eigenvalue weighted by molar-refractivity contribution is 9.10. The van der Waals surface area contributed by atoms with Crippen molar-refractivity contribution in [2.24, 2.45) is 4.40 Å². The zero-order chi connectivity index (χ0) is 13.1. The molecule has 0 N–H and O–H groups in total. The Morgan fingerprint density at radius 3 is 2.59 bits per heavy atom. The highest BCUT2D eigenvalue weighted by Gasteiger charge is 2.25. The molecular formula is C11H15BrN2O2S. The highest BCUT2D eigenvalue weighted by atomic mass is 79.9. The van der Waals surface area contributed by atoms with Crippen LogP contribution in [0.5, 0.6) is 5.75 Å². The van der Waals surface area contributed by atoms with Crippen LogP contribution in [0.1, 0.15) is 26.5 Å². The summed E-state index contributed by atoms with van der Waals surface area (Å²) in [5, 5.41) is 0. The largest absolute Gasteiger partial charge is 0.591 e. The number of halogens is 1. The van der Waals surface area contributed by atoms with Crippen molar-refractivity contribution in [1.29, 1.82) is 0 Å². The number of hydrogen-bond donors (Lipinski definition) is 0. The number of methoxy groups -OCH3 is 1. The predicted octanol–water partition coefficient (Wildman–Crippen LogP) is 2.73. The molecule has 1 atom stereocenters. The Kier molecular flexibility index (Phi) is 4.97. The van der Waals surface area contributed by atoms with E-state index >= 15 is 0 Å². The van der Waals surface area contributed by atoms with Crippen molar-refractivity contribution < 1.29 is 9.29 Å². The van der Waals surface area contributed by atoms with E-state index in [1.54, 1.807) is 19.2 Å². The third-order valence-corrected chi connectivity index (χ3v) is 3.77. The SMILES string of the molecule is COc1ccc(/C=N/[S@+]([O-])C(C)(C)C)nc1Br. The van der Waals surface area contributed by atoms with Crippen LogP contribution in [0.25, 0.3) is 0 Å². The molecule has 4 nitrogen and oxygen atoms in total. The molecule has 0 saturated heterocycles. The van der Waals surface area contributed by atoms with Gasteiger partial charge in [0.2, 0.25) is 0 Å². The zero-order valence-electron chi connectivity index (χ0n) is 10.2. The summed E-state index contributed by atoms with van der Waals surface area (Å²) in [5.41, 5.74) is 0.635. The number of ether oxygens (including phenoxy) is 1. The molecule has 0 unspecified atom stereocenters. The maximum Gasteiger partial charge on any atom is 0.151 e. The Morgan fingerprint density at radius 2 is 2.12 bits per heavy atom. The fraction of sp³-hybridized carbons (Fsp3) is 0.455. The first kappa shape index (κ1) is 14.5. The van der Waals surface area contributed by atoms with E-state index in [4.69, 9.17) is 4.74 Å². The summed E-state index contributed by atoms with van der Waals surface area (Å²) < 4.78 is 21.0. The minimum absolute atomic E-state index is 0.361. The molecule has 0 fully saturated rings. The molecule has 1 heterocycles. The minimum Gasteiger partial charge on any atom is -0.591 e. The van der Waals surface area contributed by atoms with Gasteiger partial charge in [-0.1, -0.05) is 4.40 Å². The molecule has 1 aromatic heterocycles. The van der Waals surface area contributed by atoms with Crippen LogP contribution in [-0.2, 0) is 11.4 Å². The molecule has 0 spiro atoms. The Labute approximate surface area is 113 Å². The molecule has 1 rings (SSSR count). The minimum atomic E-state index is -1.27. The highest BCUT2D eigenvalue weighted by Crippen LogP contribution is 2.22. The smallest absolute Gasteiger partial charge is 0.151 e. The quantitative estimate of drug-likeness (QED) is 0.489. The summed E-state index contributed by atoms with van der Waals surface area (Å²) in [5.74, 6) is 0.652. The lowest BCUT2D eigenvalue weighted by Gasteiger charge is -2.17. The average Bonchev–Trinajstić information content (AvgIpc) is 2.24. The molecule has 0 amide bonds. The molecule has 0 aliphatic heterocycles. The van der Waals surface area contributed by atoms with Crippen LogP contribution in [0.2, 0.25) is 0 Å². The number of hydrogen-bond acceptors (Lipinski definition) is 4. The van der Waals surface area contributed by atoms with E-state index in [0.717, 1.165) is 0 Å². The number of pyridine rings is 1. The van der Waals surface area contributed by atoms with Crippen LogP contribution in [0.4, 0.5) is 0 Å². The van der Waals surface area contributed by atoms with Crippen molar-refractivity contribution in [2.75, 3.05) is 7.11 Å². The molecule has 0 aromatic carbocycles.